The highest BCUT2D eigenvalue weighted by atomic mass is 16.5. The van der Waals surface area contributed by atoms with Crippen molar-refractivity contribution in [1.82, 2.24) is 0 Å². The van der Waals surface area contributed by atoms with Crippen molar-refractivity contribution in [3.63, 3.8) is 0 Å². The molecule has 1 aliphatic carbocycles. The van der Waals surface area contributed by atoms with Gasteiger partial charge >= 0.3 is 0 Å². The number of hydrogen-bond acceptors (Lipinski definition) is 1. The fraction of sp³-hybridized carbons (Fsp3) is 1.00. The van der Waals surface area contributed by atoms with Crippen molar-refractivity contribution < 1.29 is 4.74 Å². The van der Waals surface area contributed by atoms with Gasteiger partial charge in [-0.25, -0.2) is 0 Å². The Labute approximate surface area is 76.5 Å². The third-order valence-corrected chi connectivity index (χ3v) is 3.38. The molecule has 0 bridgehead atoms. The molecule has 0 radical (unpaired) electrons. The lowest BCUT2D eigenvalue weighted by Gasteiger charge is -2.35. The summed E-state index contributed by atoms with van der Waals surface area (Å²) < 4.78 is 5.39. The predicted octanol–water partition coefficient (Wildman–Crippen LogP) is 3.09. The number of ether oxygens (including phenoxy) is 1. The van der Waals surface area contributed by atoms with Gasteiger partial charge < -0.3 is 4.74 Å². The molecule has 0 N–H and O–H groups in total. The summed E-state index contributed by atoms with van der Waals surface area (Å²) in [6.07, 6.45) is 4.43. The highest BCUT2D eigenvalue weighted by molar-refractivity contribution is 4.79. The molecule has 0 heterocycles. The summed E-state index contributed by atoms with van der Waals surface area (Å²) in [5, 5.41) is 0. The molecular formula is C11H22O. The van der Waals surface area contributed by atoms with Gasteiger partial charge in [0, 0.05) is 7.11 Å². The van der Waals surface area contributed by atoms with Gasteiger partial charge in [0.1, 0.15) is 0 Å². The van der Waals surface area contributed by atoms with Crippen LogP contribution >= 0.6 is 0 Å². The average molecular weight is 170 g/mol. The van der Waals surface area contributed by atoms with Crippen molar-refractivity contribution in [2.45, 2.75) is 46.1 Å². The van der Waals surface area contributed by atoms with Crippen molar-refractivity contribution in [2.75, 3.05) is 7.11 Å². The molecule has 72 valence electrons. The van der Waals surface area contributed by atoms with Crippen LogP contribution in [0, 0.1) is 17.8 Å². The SMILES string of the molecule is COC1CCC(C(C)C)C(C)C1. The summed E-state index contributed by atoms with van der Waals surface area (Å²) in [4.78, 5) is 0. The summed E-state index contributed by atoms with van der Waals surface area (Å²) in [5.41, 5.74) is 0. The van der Waals surface area contributed by atoms with Crippen molar-refractivity contribution in [2.24, 2.45) is 17.8 Å². The molecular weight excluding hydrogens is 148 g/mol. The van der Waals surface area contributed by atoms with Crippen LogP contribution in [0.5, 0.6) is 0 Å². The summed E-state index contributed by atoms with van der Waals surface area (Å²) in [5.74, 6) is 2.62. The van der Waals surface area contributed by atoms with Crippen LogP contribution in [0.15, 0.2) is 0 Å². The van der Waals surface area contributed by atoms with Gasteiger partial charge in [-0.15, -0.1) is 0 Å². The van der Waals surface area contributed by atoms with Gasteiger partial charge in [0.25, 0.3) is 0 Å². The maximum absolute atomic E-state index is 5.39. The molecule has 3 unspecified atom stereocenters. The molecule has 1 rings (SSSR count). The molecule has 1 heteroatoms. The van der Waals surface area contributed by atoms with Gasteiger partial charge in [-0.1, -0.05) is 20.8 Å². The Balaban J connectivity index is 2.42. The van der Waals surface area contributed by atoms with E-state index in [1.54, 1.807) is 0 Å². The van der Waals surface area contributed by atoms with Crippen LogP contribution in [0.2, 0.25) is 0 Å². The van der Waals surface area contributed by atoms with E-state index in [0.717, 1.165) is 17.8 Å². The second-order valence-electron chi connectivity index (χ2n) is 4.56. The zero-order valence-corrected chi connectivity index (χ0v) is 8.84. The zero-order chi connectivity index (χ0) is 9.14. The second kappa shape index (κ2) is 4.27. The smallest absolute Gasteiger partial charge is 0.0574 e. The van der Waals surface area contributed by atoms with Crippen molar-refractivity contribution in [1.29, 1.82) is 0 Å². The van der Waals surface area contributed by atoms with Gasteiger partial charge in [0.15, 0.2) is 0 Å². The minimum atomic E-state index is 0.537. The topological polar surface area (TPSA) is 9.23 Å². The minimum absolute atomic E-state index is 0.537. The zero-order valence-electron chi connectivity index (χ0n) is 8.84. The Bertz CT molecular complexity index is 131. The lowest BCUT2D eigenvalue weighted by atomic mass is 9.73. The van der Waals surface area contributed by atoms with E-state index in [4.69, 9.17) is 4.74 Å². The molecule has 1 fully saturated rings. The van der Waals surface area contributed by atoms with Crippen molar-refractivity contribution in [3.8, 4) is 0 Å². The fourth-order valence-electron chi connectivity index (χ4n) is 2.57. The average Bonchev–Trinajstić information content (AvgIpc) is 2.03. The first-order valence-corrected chi connectivity index (χ1v) is 5.18. The fourth-order valence-corrected chi connectivity index (χ4v) is 2.57. The lowest BCUT2D eigenvalue weighted by molar-refractivity contribution is 0.0229. The third-order valence-electron chi connectivity index (χ3n) is 3.38. The molecule has 12 heavy (non-hydrogen) atoms. The Kier molecular flexibility index (Phi) is 3.57. The van der Waals surface area contributed by atoms with E-state index in [9.17, 15) is 0 Å². The maximum atomic E-state index is 5.39. The highest BCUT2D eigenvalue weighted by Gasteiger charge is 2.28. The van der Waals surface area contributed by atoms with Gasteiger partial charge in [0.2, 0.25) is 0 Å². The lowest BCUT2D eigenvalue weighted by Crippen LogP contribution is -2.30. The van der Waals surface area contributed by atoms with E-state index in [-0.39, 0.29) is 0 Å². The molecule has 0 amide bonds. The Morgan fingerprint density at radius 3 is 2.33 bits per heavy atom. The Hall–Kier alpha value is -0.0400. The summed E-state index contributed by atoms with van der Waals surface area (Å²) in [7, 11) is 1.84. The predicted molar refractivity (Wildman–Crippen MR) is 52.1 cm³/mol. The van der Waals surface area contributed by atoms with Crippen LogP contribution in [0.25, 0.3) is 0 Å². The van der Waals surface area contributed by atoms with Crippen molar-refractivity contribution in [3.05, 3.63) is 0 Å². The van der Waals surface area contributed by atoms with Gasteiger partial charge in [0.05, 0.1) is 6.10 Å². The quantitative estimate of drug-likeness (QED) is 0.619. The van der Waals surface area contributed by atoms with Gasteiger partial charge in [-0.2, -0.15) is 0 Å². The first-order valence-electron chi connectivity index (χ1n) is 5.18. The largest absolute Gasteiger partial charge is 0.381 e. The standard InChI is InChI=1S/C11H22O/c1-8(2)11-6-5-10(12-4)7-9(11)3/h8-11H,5-7H2,1-4H3. The van der Waals surface area contributed by atoms with E-state index in [2.05, 4.69) is 20.8 Å². The summed E-state index contributed by atoms with van der Waals surface area (Å²) >= 11 is 0. The Morgan fingerprint density at radius 2 is 1.92 bits per heavy atom. The molecule has 0 spiro atoms. The maximum Gasteiger partial charge on any atom is 0.0574 e. The van der Waals surface area contributed by atoms with Crippen LogP contribution in [0.1, 0.15) is 40.0 Å². The first-order chi connectivity index (χ1) is 5.65. The molecule has 0 aromatic heterocycles. The molecule has 3 atom stereocenters. The van der Waals surface area contributed by atoms with Crippen LogP contribution < -0.4 is 0 Å². The second-order valence-corrected chi connectivity index (χ2v) is 4.56. The molecule has 0 aromatic carbocycles. The van der Waals surface area contributed by atoms with E-state index >= 15 is 0 Å². The number of rotatable bonds is 2. The van der Waals surface area contributed by atoms with E-state index < -0.39 is 0 Å². The van der Waals surface area contributed by atoms with E-state index in [1.165, 1.54) is 19.3 Å². The monoisotopic (exact) mass is 170 g/mol. The molecule has 1 nitrogen and oxygen atoms in total. The molecule has 1 aliphatic rings. The third kappa shape index (κ3) is 2.22. The molecule has 0 aromatic rings. The van der Waals surface area contributed by atoms with Crippen LogP contribution in [0.4, 0.5) is 0 Å². The summed E-state index contributed by atoms with van der Waals surface area (Å²) in [6, 6.07) is 0. The van der Waals surface area contributed by atoms with Gasteiger partial charge in [-0.3, -0.25) is 0 Å². The van der Waals surface area contributed by atoms with Crippen LogP contribution in [-0.4, -0.2) is 13.2 Å². The van der Waals surface area contributed by atoms with Crippen LogP contribution in [-0.2, 0) is 4.74 Å². The summed E-state index contributed by atoms with van der Waals surface area (Å²) in [6.45, 7) is 7.05. The van der Waals surface area contributed by atoms with E-state index in [1.807, 2.05) is 7.11 Å². The van der Waals surface area contributed by atoms with Gasteiger partial charge in [-0.05, 0) is 37.0 Å². The van der Waals surface area contributed by atoms with E-state index in [0.29, 0.717) is 6.10 Å². The van der Waals surface area contributed by atoms with Crippen molar-refractivity contribution >= 4 is 0 Å². The molecule has 1 saturated carbocycles. The normalized spacial score (nSPS) is 37.2. The number of methoxy groups -OCH3 is 1. The molecule has 0 saturated heterocycles. The Morgan fingerprint density at radius 1 is 1.25 bits per heavy atom. The van der Waals surface area contributed by atoms with Crippen LogP contribution in [0.3, 0.4) is 0 Å². The minimum Gasteiger partial charge on any atom is -0.381 e. The highest BCUT2D eigenvalue weighted by Crippen LogP contribution is 2.35. The first kappa shape index (κ1) is 10.0. The molecule has 0 aliphatic heterocycles. The number of hydrogen-bond donors (Lipinski definition) is 0.